The third kappa shape index (κ3) is 2.19. The van der Waals surface area contributed by atoms with Gasteiger partial charge in [-0.25, -0.2) is 0 Å². The second-order valence-corrected chi connectivity index (χ2v) is 4.00. The highest BCUT2D eigenvalue weighted by atomic mass is 79.9. The Balaban J connectivity index is 3.28. The van der Waals surface area contributed by atoms with Crippen LogP contribution in [0.2, 0.25) is 0 Å². The lowest BCUT2D eigenvalue weighted by Crippen LogP contribution is -1.94. The van der Waals surface area contributed by atoms with Gasteiger partial charge in [-0.15, -0.1) is 0 Å². The smallest absolute Gasteiger partial charge is 0.271 e. The Bertz CT molecular complexity index is 331. The first-order chi connectivity index (χ1) is 6.06. The molecule has 0 spiro atoms. The summed E-state index contributed by atoms with van der Waals surface area (Å²) in [5.41, 5.74) is 0.850. The van der Waals surface area contributed by atoms with E-state index in [4.69, 9.17) is 0 Å². The molecule has 1 aromatic rings. The molecule has 70 valence electrons. The molecular formula is C7H6Br2N2O2. The molecule has 0 bridgehead atoms. The summed E-state index contributed by atoms with van der Waals surface area (Å²) in [5.74, 6) is 0. The van der Waals surface area contributed by atoms with Gasteiger partial charge in [-0.05, 0) is 31.9 Å². The van der Waals surface area contributed by atoms with E-state index in [1.165, 1.54) is 12.1 Å². The molecule has 0 aliphatic carbocycles. The van der Waals surface area contributed by atoms with E-state index in [1.807, 2.05) is 0 Å². The van der Waals surface area contributed by atoms with Crippen LogP contribution in [-0.2, 0) is 0 Å². The number of non-ortho nitro benzene ring substituents is 1. The van der Waals surface area contributed by atoms with Crippen LogP contribution in [0, 0.1) is 10.1 Å². The zero-order chi connectivity index (χ0) is 10.0. The van der Waals surface area contributed by atoms with Gasteiger partial charge in [0.2, 0.25) is 0 Å². The summed E-state index contributed by atoms with van der Waals surface area (Å²) in [7, 11) is 1.75. The van der Waals surface area contributed by atoms with Gasteiger partial charge in [-0.2, -0.15) is 0 Å². The van der Waals surface area contributed by atoms with Crippen molar-refractivity contribution in [2.24, 2.45) is 0 Å². The lowest BCUT2D eigenvalue weighted by molar-refractivity contribution is -0.385. The molecule has 0 aliphatic heterocycles. The molecule has 0 heterocycles. The van der Waals surface area contributed by atoms with Crippen LogP contribution in [0.1, 0.15) is 0 Å². The summed E-state index contributed by atoms with van der Waals surface area (Å²) in [6.45, 7) is 0. The topological polar surface area (TPSA) is 55.2 Å². The van der Waals surface area contributed by atoms with Crippen LogP contribution < -0.4 is 5.32 Å². The normalized spacial score (nSPS) is 9.77. The maximum atomic E-state index is 10.4. The SMILES string of the molecule is CNc1c(Br)cc([N+](=O)[O-])cc1Br. The van der Waals surface area contributed by atoms with Crippen LogP contribution >= 0.6 is 31.9 Å². The van der Waals surface area contributed by atoms with Crippen LogP contribution in [0.4, 0.5) is 11.4 Å². The molecule has 0 radical (unpaired) electrons. The molecule has 0 aliphatic rings. The molecular weight excluding hydrogens is 304 g/mol. The number of nitrogens with one attached hydrogen (secondary N) is 1. The Morgan fingerprint density at radius 1 is 1.38 bits per heavy atom. The number of nitrogens with zero attached hydrogens (tertiary/aromatic N) is 1. The Kier molecular flexibility index (Phi) is 3.27. The van der Waals surface area contributed by atoms with Crippen LogP contribution in [-0.4, -0.2) is 12.0 Å². The molecule has 1 rings (SSSR count). The number of nitro groups is 1. The average Bonchev–Trinajstić information content (AvgIpc) is 2.03. The van der Waals surface area contributed by atoms with Crippen molar-refractivity contribution in [1.29, 1.82) is 0 Å². The number of hydrogen-bond donors (Lipinski definition) is 1. The van der Waals surface area contributed by atoms with E-state index < -0.39 is 4.92 Å². The van der Waals surface area contributed by atoms with E-state index in [-0.39, 0.29) is 5.69 Å². The highest BCUT2D eigenvalue weighted by Crippen LogP contribution is 2.34. The number of halogens is 2. The first-order valence-corrected chi connectivity index (χ1v) is 4.96. The van der Waals surface area contributed by atoms with Crippen molar-refractivity contribution in [3.05, 3.63) is 31.2 Å². The summed E-state index contributed by atoms with van der Waals surface area (Å²) >= 11 is 6.46. The largest absolute Gasteiger partial charge is 0.386 e. The summed E-state index contributed by atoms with van der Waals surface area (Å²) < 4.78 is 1.33. The molecule has 0 saturated carbocycles. The van der Waals surface area contributed by atoms with Crippen LogP contribution in [0.15, 0.2) is 21.1 Å². The minimum Gasteiger partial charge on any atom is -0.386 e. The minimum absolute atomic E-state index is 0.0535. The van der Waals surface area contributed by atoms with Gasteiger partial charge in [0, 0.05) is 28.1 Å². The minimum atomic E-state index is -0.436. The highest BCUT2D eigenvalue weighted by molar-refractivity contribution is 9.11. The first kappa shape index (κ1) is 10.5. The number of nitro benzene ring substituents is 1. The number of hydrogen-bond acceptors (Lipinski definition) is 3. The maximum Gasteiger partial charge on any atom is 0.271 e. The van der Waals surface area contributed by atoms with Gasteiger partial charge in [0.25, 0.3) is 5.69 Å². The fraction of sp³-hybridized carbons (Fsp3) is 0.143. The molecule has 13 heavy (non-hydrogen) atoms. The highest BCUT2D eigenvalue weighted by Gasteiger charge is 2.12. The van der Waals surface area contributed by atoms with Crippen LogP contribution in [0.25, 0.3) is 0 Å². The van der Waals surface area contributed by atoms with Gasteiger partial charge in [0.05, 0.1) is 10.6 Å². The summed E-state index contributed by atoms with van der Waals surface area (Å²) in [6.07, 6.45) is 0. The average molecular weight is 310 g/mol. The van der Waals surface area contributed by atoms with Gasteiger partial charge >= 0.3 is 0 Å². The molecule has 4 nitrogen and oxygen atoms in total. The molecule has 0 saturated heterocycles. The zero-order valence-electron chi connectivity index (χ0n) is 6.67. The van der Waals surface area contributed by atoms with E-state index in [2.05, 4.69) is 37.2 Å². The maximum absolute atomic E-state index is 10.4. The van der Waals surface area contributed by atoms with E-state index in [0.29, 0.717) is 8.95 Å². The van der Waals surface area contributed by atoms with Gasteiger partial charge in [0.15, 0.2) is 0 Å². The summed E-state index contributed by atoms with van der Waals surface area (Å²) in [5, 5.41) is 13.4. The monoisotopic (exact) mass is 308 g/mol. The third-order valence-electron chi connectivity index (χ3n) is 1.49. The molecule has 0 fully saturated rings. The second kappa shape index (κ2) is 4.06. The summed E-state index contributed by atoms with van der Waals surface area (Å²) in [6, 6.07) is 2.91. The van der Waals surface area contributed by atoms with Gasteiger partial charge in [0.1, 0.15) is 0 Å². The lowest BCUT2D eigenvalue weighted by Gasteiger charge is -2.05. The first-order valence-electron chi connectivity index (χ1n) is 3.37. The molecule has 0 aromatic heterocycles. The summed E-state index contributed by atoms with van der Waals surface area (Å²) in [4.78, 5) is 10.0. The van der Waals surface area contributed by atoms with Crippen molar-refractivity contribution in [2.45, 2.75) is 0 Å². The zero-order valence-corrected chi connectivity index (χ0v) is 9.85. The molecule has 0 amide bonds. The Hall–Kier alpha value is -0.620. The third-order valence-corrected chi connectivity index (χ3v) is 2.74. The fourth-order valence-electron chi connectivity index (χ4n) is 0.904. The van der Waals surface area contributed by atoms with Gasteiger partial charge in [-0.1, -0.05) is 0 Å². The van der Waals surface area contributed by atoms with E-state index in [9.17, 15) is 10.1 Å². The molecule has 1 aromatic carbocycles. The second-order valence-electron chi connectivity index (χ2n) is 2.29. The standard InChI is InChI=1S/C7H6Br2N2O2/c1-10-7-5(8)2-4(11(12)13)3-6(7)9/h2-3,10H,1H3. The van der Waals surface area contributed by atoms with Crippen LogP contribution in [0.5, 0.6) is 0 Å². The van der Waals surface area contributed by atoms with Crippen molar-refractivity contribution in [3.63, 3.8) is 0 Å². The van der Waals surface area contributed by atoms with Crippen molar-refractivity contribution in [1.82, 2.24) is 0 Å². The van der Waals surface area contributed by atoms with E-state index in [1.54, 1.807) is 7.05 Å². The Morgan fingerprint density at radius 3 is 2.15 bits per heavy atom. The van der Waals surface area contributed by atoms with Crippen molar-refractivity contribution >= 4 is 43.2 Å². The quantitative estimate of drug-likeness (QED) is 0.674. The molecule has 1 N–H and O–H groups in total. The fourth-order valence-corrected chi connectivity index (χ4v) is 2.46. The number of rotatable bonds is 2. The van der Waals surface area contributed by atoms with Crippen LogP contribution in [0.3, 0.4) is 0 Å². The Labute approximate surface area is 91.7 Å². The van der Waals surface area contributed by atoms with Crippen molar-refractivity contribution in [2.75, 3.05) is 12.4 Å². The predicted molar refractivity (Wildman–Crippen MR) is 58.0 cm³/mol. The van der Waals surface area contributed by atoms with E-state index in [0.717, 1.165) is 5.69 Å². The van der Waals surface area contributed by atoms with Crippen molar-refractivity contribution < 1.29 is 4.92 Å². The molecule has 6 heteroatoms. The van der Waals surface area contributed by atoms with E-state index >= 15 is 0 Å². The van der Waals surface area contributed by atoms with Crippen molar-refractivity contribution in [3.8, 4) is 0 Å². The molecule has 0 atom stereocenters. The Morgan fingerprint density at radius 2 is 1.85 bits per heavy atom. The number of anilines is 1. The molecule has 0 unspecified atom stereocenters. The predicted octanol–water partition coefficient (Wildman–Crippen LogP) is 3.16. The van der Waals surface area contributed by atoms with Gasteiger partial charge in [-0.3, -0.25) is 10.1 Å². The lowest BCUT2D eigenvalue weighted by atomic mass is 10.3. The number of benzene rings is 1. The van der Waals surface area contributed by atoms with Gasteiger partial charge < -0.3 is 5.32 Å².